The van der Waals surface area contributed by atoms with Crippen molar-refractivity contribution in [3.63, 3.8) is 0 Å². The quantitative estimate of drug-likeness (QED) is 0.696. The molecule has 6 nitrogen and oxygen atoms in total. The highest BCUT2D eigenvalue weighted by Gasteiger charge is 2.34. The van der Waals surface area contributed by atoms with E-state index in [0.717, 1.165) is 77.1 Å². The second kappa shape index (κ2) is 9.65. The zero-order valence-electron chi connectivity index (χ0n) is 19.0. The zero-order chi connectivity index (χ0) is 21.1. The Morgan fingerprint density at radius 2 is 1.80 bits per heavy atom. The van der Waals surface area contributed by atoms with E-state index in [2.05, 4.69) is 35.1 Å². The molecule has 2 fully saturated rings. The van der Waals surface area contributed by atoms with E-state index in [1.807, 2.05) is 10.8 Å². The fourth-order valence-electron chi connectivity index (χ4n) is 5.47. The normalized spacial score (nSPS) is 24.0. The Labute approximate surface area is 181 Å². The lowest BCUT2D eigenvalue weighted by Gasteiger charge is -2.42. The Hall–Kier alpha value is -1.66. The molecule has 6 heteroatoms. The standard InChI is InChI=1S/C24H39N5O/c1-4-11-29-22-10-9-20(27-16-14-26(15-17-27)19(2)3)18-21(22)23(25-29)24(30)28-12-7-5-6-8-13-28/h4,19-20H,1,5-18H2,2-3H3/t20-/m0/s1. The molecule has 0 saturated carbocycles. The second-order valence-electron chi connectivity index (χ2n) is 9.51. The number of likely N-dealkylation sites (tertiary alicyclic amines) is 1. The maximum atomic E-state index is 13.4. The van der Waals surface area contributed by atoms with Crippen LogP contribution in [0.5, 0.6) is 0 Å². The van der Waals surface area contributed by atoms with E-state index in [0.29, 0.717) is 18.6 Å². The van der Waals surface area contributed by atoms with E-state index >= 15 is 0 Å². The Balaban J connectivity index is 1.53. The highest BCUT2D eigenvalue weighted by atomic mass is 16.2. The van der Waals surface area contributed by atoms with Gasteiger partial charge >= 0.3 is 0 Å². The van der Waals surface area contributed by atoms with E-state index in [1.54, 1.807) is 0 Å². The SMILES string of the molecule is C=CCn1nc(C(=O)N2CCCCCC2)c2c1CC[C@H](N1CCN(C(C)C)CC1)C2. The van der Waals surface area contributed by atoms with Gasteiger partial charge in [0.05, 0.1) is 6.54 Å². The summed E-state index contributed by atoms with van der Waals surface area (Å²) >= 11 is 0. The number of hydrogen-bond donors (Lipinski definition) is 0. The molecule has 0 bridgehead atoms. The lowest BCUT2D eigenvalue weighted by atomic mass is 9.89. The summed E-state index contributed by atoms with van der Waals surface area (Å²) in [5.41, 5.74) is 3.21. The van der Waals surface area contributed by atoms with Crippen LogP contribution in [0.2, 0.25) is 0 Å². The number of nitrogens with zero attached hydrogens (tertiary/aromatic N) is 5. The van der Waals surface area contributed by atoms with Crippen molar-refractivity contribution in [3.8, 4) is 0 Å². The van der Waals surface area contributed by atoms with Crippen LogP contribution in [0.3, 0.4) is 0 Å². The van der Waals surface area contributed by atoms with Gasteiger partial charge in [-0.05, 0) is 46.0 Å². The molecule has 0 aromatic carbocycles. The molecule has 30 heavy (non-hydrogen) atoms. The minimum absolute atomic E-state index is 0.154. The Bertz CT molecular complexity index is 739. The van der Waals surface area contributed by atoms with Crippen molar-refractivity contribution in [3.05, 3.63) is 29.6 Å². The fraction of sp³-hybridized carbons (Fsp3) is 0.750. The molecule has 1 aromatic rings. The monoisotopic (exact) mass is 413 g/mol. The summed E-state index contributed by atoms with van der Waals surface area (Å²) in [5, 5.41) is 4.83. The lowest BCUT2D eigenvalue weighted by Crippen LogP contribution is -2.53. The minimum Gasteiger partial charge on any atom is -0.337 e. The van der Waals surface area contributed by atoms with E-state index in [1.165, 1.54) is 24.1 Å². The molecule has 3 aliphatic rings. The van der Waals surface area contributed by atoms with Gasteiger partial charge in [0.1, 0.15) is 0 Å². The van der Waals surface area contributed by atoms with E-state index < -0.39 is 0 Å². The lowest BCUT2D eigenvalue weighted by molar-refractivity contribution is 0.0713. The van der Waals surface area contributed by atoms with Crippen LogP contribution in [0.15, 0.2) is 12.7 Å². The van der Waals surface area contributed by atoms with E-state index in [-0.39, 0.29) is 5.91 Å². The van der Waals surface area contributed by atoms with Crippen molar-refractivity contribution in [2.45, 2.75) is 77.4 Å². The summed E-state index contributed by atoms with van der Waals surface area (Å²) in [5.74, 6) is 0.154. The second-order valence-corrected chi connectivity index (χ2v) is 9.51. The number of carbonyl (C=O) groups is 1. The van der Waals surface area contributed by atoms with Crippen molar-refractivity contribution in [1.29, 1.82) is 0 Å². The first kappa shape index (κ1) is 21.6. The molecular weight excluding hydrogens is 374 g/mol. The smallest absolute Gasteiger partial charge is 0.274 e. The molecule has 3 heterocycles. The first-order chi connectivity index (χ1) is 14.6. The van der Waals surface area contributed by atoms with Crippen LogP contribution in [0.4, 0.5) is 0 Å². The first-order valence-corrected chi connectivity index (χ1v) is 12.0. The molecule has 2 aliphatic heterocycles. The van der Waals surface area contributed by atoms with Gasteiger partial charge in [-0.2, -0.15) is 5.10 Å². The Kier molecular flexibility index (Phi) is 6.94. The maximum absolute atomic E-state index is 13.4. The molecule has 1 atom stereocenters. The summed E-state index contributed by atoms with van der Waals surface area (Å²) in [6.07, 6.45) is 9.73. The molecule has 0 unspecified atom stereocenters. The Morgan fingerprint density at radius 1 is 1.10 bits per heavy atom. The highest BCUT2D eigenvalue weighted by Crippen LogP contribution is 2.29. The van der Waals surface area contributed by atoms with E-state index in [9.17, 15) is 4.79 Å². The third-order valence-electron chi connectivity index (χ3n) is 7.31. The number of fused-ring (bicyclic) bond motifs is 1. The number of hydrogen-bond acceptors (Lipinski definition) is 4. The maximum Gasteiger partial charge on any atom is 0.274 e. The van der Waals surface area contributed by atoms with Crippen LogP contribution < -0.4 is 0 Å². The van der Waals surface area contributed by atoms with Gasteiger partial charge in [0, 0.05) is 62.6 Å². The molecule has 0 radical (unpaired) electrons. The van der Waals surface area contributed by atoms with Crippen molar-refractivity contribution in [2.24, 2.45) is 0 Å². The van der Waals surface area contributed by atoms with Gasteiger partial charge in [0.2, 0.25) is 0 Å². The van der Waals surface area contributed by atoms with Crippen molar-refractivity contribution >= 4 is 5.91 Å². The third-order valence-corrected chi connectivity index (χ3v) is 7.31. The van der Waals surface area contributed by atoms with Crippen molar-refractivity contribution in [2.75, 3.05) is 39.3 Å². The van der Waals surface area contributed by atoms with Crippen LogP contribution in [-0.2, 0) is 19.4 Å². The molecule has 1 aliphatic carbocycles. The van der Waals surface area contributed by atoms with Gasteiger partial charge in [-0.1, -0.05) is 18.9 Å². The number of rotatable bonds is 5. The number of allylic oxidation sites excluding steroid dienone is 1. The number of amides is 1. The molecule has 0 spiro atoms. The number of piperazine rings is 1. The summed E-state index contributed by atoms with van der Waals surface area (Å²) < 4.78 is 2.04. The van der Waals surface area contributed by atoms with Crippen molar-refractivity contribution in [1.82, 2.24) is 24.5 Å². The summed E-state index contributed by atoms with van der Waals surface area (Å²) in [6.45, 7) is 15.5. The minimum atomic E-state index is 0.154. The van der Waals surface area contributed by atoms with Crippen LogP contribution in [0, 0.1) is 0 Å². The van der Waals surface area contributed by atoms with E-state index in [4.69, 9.17) is 5.10 Å². The third kappa shape index (κ3) is 4.50. The van der Waals surface area contributed by atoms with Gasteiger partial charge in [0.15, 0.2) is 5.69 Å². The average Bonchev–Trinajstić information content (AvgIpc) is 2.92. The molecule has 2 saturated heterocycles. The molecule has 1 aromatic heterocycles. The summed E-state index contributed by atoms with van der Waals surface area (Å²) in [4.78, 5) is 20.7. The summed E-state index contributed by atoms with van der Waals surface area (Å²) in [6, 6.07) is 1.16. The van der Waals surface area contributed by atoms with Crippen molar-refractivity contribution < 1.29 is 4.79 Å². The van der Waals surface area contributed by atoms with Crippen LogP contribution in [0.25, 0.3) is 0 Å². The van der Waals surface area contributed by atoms with Crippen LogP contribution >= 0.6 is 0 Å². The van der Waals surface area contributed by atoms with Gasteiger partial charge < -0.3 is 4.90 Å². The van der Waals surface area contributed by atoms with Crippen LogP contribution in [-0.4, -0.2) is 81.7 Å². The molecular formula is C24H39N5O. The highest BCUT2D eigenvalue weighted by molar-refractivity contribution is 5.94. The number of aromatic nitrogens is 2. The van der Waals surface area contributed by atoms with Crippen LogP contribution in [0.1, 0.15) is 67.7 Å². The topological polar surface area (TPSA) is 44.6 Å². The first-order valence-electron chi connectivity index (χ1n) is 12.0. The largest absolute Gasteiger partial charge is 0.337 e. The van der Waals surface area contributed by atoms with Gasteiger partial charge in [-0.15, -0.1) is 6.58 Å². The predicted molar refractivity (Wildman–Crippen MR) is 121 cm³/mol. The zero-order valence-corrected chi connectivity index (χ0v) is 19.0. The molecule has 4 rings (SSSR count). The fourth-order valence-corrected chi connectivity index (χ4v) is 5.47. The predicted octanol–water partition coefficient (Wildman–Crippen LogP) is 2.97. The molecule has 1 amide bonds. The number of carbonyl (C=O) groups excluding carboxylic acids is 1. The average molecular weight is 414 g/mol. The van der Waals surface area contributed by atoms with Gasteiger partial charge in [-0.25, -0.2) is 0 Å². The molecule has 166 valence electrons. The summed E-state index contributed by atoms with van der Waals surface area (Å²) in [7, 11) is 0. The van der Waals surface area contributed by atoms with Gasteiger partial charge in [-0.3, -0.25) is 19.3 Å². The molecule has 0 N–H and O–H groups in total. The Morgan fingerprint density at radius 3 is 2.43 bits per heavy atom. The van der Waals surface area contributed by atoms with Gasteiger partial charge in [0.25, 0.3) is 5.91 Å².